The molecule has 1 aliphatic carbocycles. The van der Waals surface area contributed by atoms with Crippen LogP contribution in [0.3, 0.4) is 0 Å². The number of para-hydroxylation sites is 1. The van der Waals surface area contributed by atoms with E-state index in [0.29, 0.717) is 11.2 Å². The first-order valence-corrected chi connectivity index (χ1v) is 12.0. The lowest BCUT2D eigenvalue weighted by atomic mass is 10.2. The average molecular weight is 448 g/mol. The lowest BCUT2D eigenvalue weighted by Gasteiger charge is -2.13. The summed E-state index contributed by atoms with van der Waals surface area (Å²) in [6.45, 7) is 0.271. The summed E-state index contributed by atoms with van der Waals surface area (Å²) >= 11 is 1.58. The second-order valence-electron chi connectivity index (χ2n) is 8.17. The molecule has 2 aromatic heterocycles. The number of rotatable bonds is 7. The van der Waals surface area contributed by atoms with E-state index in [-0.39, 0.29) is 30.5 Å². The van der Waals surface area contributed by atoms with Gasteiger partial charge in [0.1, 0.15) is 0 Å². The zero-order valence-corrected chi connectivity index (χ0v) is 18.6. The van der Waals surface area contributed by atoms with Gasteiger partial charge in [-0.25, -0.2) is 0 Å². The van der Waals surface area contributed by atoms with Crippen molar-refractivity contribution in [1.82, 2.24) is 24.5 Å². The Kier molecular flexibility index (Phi) is 5.94. The Balaban J connectivity index is 1.46. The highest BCUT2D eigenvalue weighted by molar-refractivity contribution is 7.98. The quantitative estimate of drug-likeness (QED) is 0.436. The standard InChI is InChI=1S/C24H25N5O2S/c30-21(25-18-10-4-5-11-18)14-15-28-22(31)19-12-6-7-13-20(19)29-23(28)26-27-24(29)32-16-17-8-2-1-3-9-17/h1-3,6-9,12-13,18H,4-5,10-11,14-16H2,(H,25,30). The SMILES string of the molecule is O=C(CCn1c(=O)c2ccccc2n2c(SCc3ccccc3)nnc12)NC1CCCC1. The Morgan fingerprint density at radius 1 is 1.03 bits per heavy atom. The molecule has 0 spiro atoms. The molecule has 0 aliphatic heterocycles. The number of hydrogen-bond acceptors (Lipinski definition) is 5. The number of aromatic nitrogens is 4. The highest BCUT2D eigenvalue weighted by atomic mass is 32.2. The third kappa shape index (κ3) is 4.14. The summed E-state index contributed by atoms with van der Waals surface area (Å²) < 4.78 is 3.51. The fraction of sp³-hybridized carbons (Fsp3) is 0.333. The zero-order chi connectivity index (χ0) is 21.9. The second-order valence-corrected chi connectivity index (χ2v) is 9.11. The molecule has 1 aliphatic rings. The molecular formula is C24H25N5O2S. The maximum absolute atomic E-state index is 13.2. The predicted octanol–water partition coefficient (Wildman–Crippen LogP) is 3.79. The van der Waals surface area contributed by atoms with E-state index in [1.54, 1.807) is 16.3 Å². The highest BCUT2D eigenvalue weighted by Crippen LogP contribution is 2.24. The molecule has 0 atom stereocenters. The summed E-state index contributed by atoms with van der Waals surface area (Å²) in [5.41, 5.74) is 1.82. The van der Waals surface area contributed by atoms with Crippen LogP contribution in [0.5, 0.6) is 0 Å². The third-order valence-electron chi connectivity index (χ3n) is 5.97. The monoisotopic (exact) mass is 447 g/mol. The van der Waals surface area contributed by atoms with E-state index in [2.05, 4.69) is 27.6 Å². The molecule has 164 valence electrons. The van der Waals surface area contributed by atoms with Crippen molar-refractivity contribution in [2.45, 2.75) is 55.6 Å². The Labute approximate surface area is 189 Å². The summed E-state index contributed by atoms with van der Waals surface area (Å²) in [5.74, 6) is 1.20. The normalized spacial score (nSPS) is 14.4. The lowest BCUT2D eigenvalue weighted by Crippen LogP contribution is -2.34. The fourth-order valence-electron chi connectivity index (χ4n) is 4.33. The molecule has 1 saturated carbocycles. The molecule has 1 N–H and O–H groups in total. The van der Waals surface area contributed by atoms with E-state index in [9.17, 15) is 9.59 Å². The predicted molar refractivity (Wildman–Crippen MR) is 126 cm³/mol. The molecule has 0 bridgehead atoms. The number of carbonyl (C=O) groups is 1. The van der Waals surface area contributed by atoms with Gasteiger partial charge in [-0.1, -0.05) is 67.1 Å². The topological polar surface area (TPSA) is 81.3 Å². The minimum Gasteiger partial charge on any atom is -0.353 e. The second kappa shape index (κ2) is 9.16. The Morgan fingerprint density at radius 2 is 1.78 bits per heavy atom. The molecule has 4 aromatic rings. The molecule has 2 heterocycles. The smallest absolute Gasteiger partial charge is 0.262 e. The van der Waals surface area contributed by atoms with Gasteiger partial charge in [0, 0.05) is 24.8 Å². The molecule has 0 unspecified atom stereocenters. The van der Waals surface area contributed by atoms with Crippen molar-refractivity contribution in [3.63, 3.8) is 0 Å². The van der Waals surface area contributed by atoms with Gasteiger partial charge in [-0.2, -0.15) is 0 Å². The largest absolute Gasteiger partial charge is 0.353 e. The molecule has 8 heteroatoms. The van der Waals surface area contributed by atoms with Crippen molar-refractivity contribution in [2.75, 3.05) is 0 Å². The molecule has 1 amide bonds. The van der Waals surface area contributed by atoms with Gasteiger partial charge in [-0.3, -0.25) is 18.6 Å². The highest BCUT2D eigenvalue weighted by Gasteiger charge is 2.19. The molecule has 1 fully saturated rings. The van der Waals surface area contributed by atoms with Crippen molar-refractivity contribution < 1.29 is 4.79 Å². The molecule has 32 heavy (non-hydrogen) atoms. The van der Waals surface area contributed by atoms with Gasteiger partial charge in [-0.15, -0.1) is 10.2 Å². The summed E-state index contributed by atoms with van der Waals surface area (Å²) in [7, 11) is 0. The minimum absolute atomic E-state index is 0.0201. The number of nitrogens with zero attached hydrogens (tertiary/aromatic N) is 4. The van der Waals surface area contributed by atoms with Gasteiger partial charge < -0.3 is 5.32 Å². The van der Waals surface area contributed by atoms with E-state index >= 15 is 0 Å². The van der Waals surface area contributed by atoms with Gasteiger partial charge in [-0.05, 0) is 30.5 Å². The van der Waals surface area contributed by atoms with Crippen LogP contribution < -0.4 is 10.9 Å². The molecule has 0 radical (unpaired) electrons. The maximum atomic E-state index is 13.2. The number of benzene rings is 2. The molecular weight excluding hydrogens is 422 g/mol. The van der Waals surface area contributed by atoms with Crippen LogP contribution in [0.2, 0.25) is 0 Å². The van der Waals surface area contributed by atoms with Crippen LogP contribution >= 0.6 is 11.8 Å². The van der Waals surface area contributed by atoms with Gasteiger partial charge in [0.15, 0.2) is 5.16 Å². The van der Waals surface area contributed by atoms with Crippen LogP contribution in [0.1, 0.15) is 37.7 Å². The van der Waals surface area contributed by atoms with Crippen LogP contribution in [0.25, 0.3) is 16.7 Å². The molecule has 7 nitrogen and oxygen atoms in total. The van der Waals surface area contributed by atoms with Crippen LogP contribution in [0.15, 0.2) is 64.5 Å². The van der Waals surface area contributed by atoms with Crippen molar-refractivity contribution in [1.29, 1.82) is 0 Å². The summed E-state index contributed by atoms with van der Waals surface area (Å²) in [5, 5.41) is 13.2. The fourth-order valence-corrected chi connectivity index (χ4v) is 5.23. The number of fused-ring (bicyclic) bond motifs is 3. The van der Waals surface area contributed by atoms with Crippen molar-refractivity contribution >= 4 is 34.3 Å². The third-order valence-corrected chi connectivity index (χ3v) is 6.97. The Bertz CT molecular complexity index is 1310. The average Bonchev–Trinajstić information content (AvgIpc) is 3.48. The van der Waals surface area contributed by atoms with Crippen molar-refractivity contribution in [3.05, 3.63) is 70.5 Å². The first kappa shape index (κ1) is 20.8. The number of aryl methyl sites for hydroxylation is 1. The van der Waals surface area contributed by atoms with Crippen LogP contribution in [-0.2, 0) is 17.1 Å². The molecule has 2 aromatic carbocycles. The maximum Gasteiger partial charge on any atom is 0.262 e. The Morgan fingerprint density at radius 3 is 2.59 bits per heavy atom. The zero-order valence-electron chi connectivity index (χ0n) is 17.7. The number of nitrogens with one attached hydrogen (secondary N) is 1. The van der Waals surface area contributed by atoms with E-state index in [4.69, 9.17) is 0 Å². The molecule has 5 rings (SSSR count). The van der Waals surface area contributed by atoms with E-state index in [1.165, 1.54) is 18.4 Å². The number of carbonyl (C=O) groups excluding carboxylic acids is 1. The van der Waals surface area contributed by atoms with Gasteiger partial charge in [0.25, 0.3) is 5.56 Å². The Hall–Kier alpha value is -3.13. The minimum atomic E-state index is -0.145. The van der Waals surface area contributed by atoms with E-state index in [0.717, 1.165) is 29.3 Å². The van der Waals surface area contributed by atoms with E-state index in [1.807, 2.05) is 46.9 Å². The van der Waals surface area contributed by atoms with E-state index < -0.39 is 0 Å². The summed E-state index contributed by atoms with van der Waals surface area (Å²) in [6, 6.07) is 17.9. The summed E-state index contributed by atoms with van der Waals surface area (Å²) in [4.78, 5) is 25.7. The van der Waals surface area contributed by atoms with Crippen LogP contribution in [0.4, 0.5) is 0 Å². The van der Waals surface area contributed by atoms with Crippen molar-refractivity contribution in [3.8, 4) is 0 Å². The molecule has 0 saturated heterocycles. The summed E-state index contributed by atoms with van der Waals surface area (Å²) in [6.07, 6.45) is 4.65. The number of hydrogen-bond donors (Lipinski definition) is 1. The van der Waals surface area contributed by atoms with Gasteiger partial charge in [0.2, 0.25) is 11.7 Å². The lowest BCUT2D eigenvalue weighted by molar-refractivity contribution is -0.121. The number of amides is 1. The number of thioether (sulfide) groups is 1. The van der Waals surface area contributed by atoms with Crippen LogP contribution in [0, 0.1) is 0 Å². The van der Waals surface area contributed by atoms with Crippen molar-refractivity contribution in [2.24, 2.45) is 0 Å². The first-order valence-electron chi connectivity index (χ1n) is 11.0. The van der Waals surface area contributed by atoms with Gasteiger partial charge >= 0.3 is 0 Å². The first-order chi connectivity index (χ1) is 15.7. The van der Waals surface area contributed by atoms with Crippen LogP contribution in [-0.4, -0.2) is 31.1 Å². The van der Waals surface area contributed by atoms with Gasteiger partial charge in [0.05, 0.1) is 10.9 Å².